The summed E-state index contributed by atoms with van der Waals surface area (Å²) in [6, 6.07) is 15.1. The predicted molar refractivity (Wildman–Crippen MR) is 120 cm³/mol. The minimum atomic E-state index is -0.605. The van der Waals surface area contributed by atoms with Gasteiger partial charge < -0.3 is 25.8 Å². The molecular weight excluding hydrogens is 380 g/mol. The Morgan fingerprint density at radius 1 is 1.07 bits per heavy atom. The van der Waals surface area contributed by atoms with E-state index in [1.54, 1.807) is 24.3 Å². The molecule has 30 heavy (non-hydrogen) atoms. The number of hydrogen-bond donors (Lipinski definition) is 3. The summed E-state index contributed by atoms with van der Waals surface area (Å²) in [6.45, 7) is 8.94. The van der Waals surface area contributed by atoms with Crippen LogP contribution in [0.4, 0.5) is 16.2 Å². The van der Waals surface area contributed by atoms with Gasteiger partial charge in [0.15, 0.2) is 0 Å². The number of aliphatic hydroxyl groups is 1. The molecule has 2 aromatic carbocycles. The Hall–Kier alpha value is -2.77. The van der Waals surface area contributed by atoms with Gasteiger partial charge in [-0.15, -0.1) is 0 Å². The van der Waals surface area contributed by atoms with E-state index in [0.29, 0.717) is 23.9 Å². The van der Waals surface area contributed by atoms with Crippen LogP contribution in [0.1, 0.15) is 25.3 Å². The molecule has 2 amide bonds. The number of carbonyl (C=O) groups excluding carboxylic acids is 1. The van der Waals surface area contributed by atoms with Crippen LogP contribution in [0.25, 0.3) is 0 Å². The lowest BCUT2D eigenvalue weighted by atomic mass is 10.0. The van der Waals surface area contributed by atoms with Crippen molar-refractivity contribution in [2.45, 2.75) is 25.9 Å². The molecule has 1 atom stereocenters. The number of hydrogen-bond acceptors (Lipinski definition) is 5. The van der Waals surface area contributed by atoms with Gasteiger partial charge >= 0.3 is 6.03 Å². The summed E-state index contributed by atoms with van der Waals surface area (Å²) in [5.41, 5.74) is 8.31. The van der Waals surface area contributed by atoms with Gasteiger partial charge in [-0.05, 0) is 47.9 Å². The minimum Gasteiger partial charge on any atom is -0.491 e. The van der Waals surface area contributed by atoms with E-state index >= 15 is 0 Å². The van der Waals surface area contributed by atoms with Crippen molar-refractivity contribution in [3.8, 4) is 5.75 Å². The van der Waals surface area contributed by atoms with Gasteiger partial charge in [0.05, 0.1) is 0 Å². The standard InChI is InChI=1S/C23H32N4O3/c1-17(2)18-3-7-20(8-4-18)27-13-11-26(12-14-27)15-21(28)16-30-22-9-5-19(6-10-22)25-23(24)29/h3-10,17,21,28H,11-16H2,1-2H3,(H3,24,25,29)/t21-/m0/s1. The minimum absolute atomic E-state index is 0.222. The summed E-state index contributed by atoms with van der Waals surface area (Å²) in [5, 5.41) is 12.8. The Morgan fingerprint density at radius 2 is 1.70 bits per heavy atom. The molecule has 1 heterocycles. The van der Waals surface area contributed by atoms with Crippen molar-refractivity contribution in [1.82, 2.24) is 4.90 Å². The van der Waals surface area contributed by atoms with Crippen molar-refractivity contribution in [2.75, 3.05) is 49.5 Å². The van der Waals surface area contributed by atoms with Gasteiger partial charge in [-0.2, -0.15) is 0 Å². The summed E-state index contributed by atoms with van der Waals surface area (Å²) in [7, 11) is 0. The van der Waals surface area contributed by atoms with Crippen molar-refractivity contribution in [3.63, 3.8) is 0 Å². The van der Waals surface area contributed by atoms with Crippen molar-refractivity contribution >= 4 is 17.4 Å². The van der Waals surface area contributed by atoms with Crippen molar-refractivity contribution in [2.24, 2.45) is 5.73 Å². The molecule has 7 nitrogen and oxygen atoms in total. The zero-order chi connectivity index (χ0) is 21.5. The second-order valence-electron chi connectivity index (χ2n) is 8.01. The molecule has 2 aromatic rings. The number of nitrogens with one attached hydrogen (secondary N) is 1. The SMILES string of the molecule is CC(C)c1ccc(N2CCN(C[C@H](O)COc3ccc(NC(N)=O)cc3)CC2)cc1. The van der Waals surface area contributed by atoms with Gasteiger partial charge in [0.2, 0.25) is 0 Å². The summed E-state index contributed by atoms with van der Waals surface area (Å²) in [4.78, 5) is 15.5. The van der Waals surface area contributed by atoms with Crippen LogP contribution in [0.5, 0.6) is 5.75 Å². The number of anilines is 2. The molecule has 0 spiro atoms. The van der Waals surface area contributed by atoms with E-state index in [4.69, 9.17) is 10.5 Å². The lowest BCUT2D eigenvalue weighted by Gasteiger charge is -2.37. The maximum Gasteiger partial charge on any atom is 0.316 e. The highest BCUT2D eigenvalue weighted by molar-refractivity contribution is 5.87. The molecule has 0 aliphatic carbocycles. The maximum absolute atomic E-state index is 10.8. The Balaban J connectivity index is 1.39. The quantitative estimate of drug-likeness (QED) is 0.620. The lowest BCUT2D eigenvalue weighted by Crippen LogP contribution is -2.49. The fourth-order valence-electron chi connectivity index (χ4n) is 3.58. The average Bonchev–Trinajstić information content (AvgIpc) is 2.73. The molecule has 1 fully saturated rings. The van der Waals surface area contributed by atoms with Gasteiger partial charge in [-0.1, -0.05) is 26.0 Å². The molecule has 0 radical (unpaired) electrons. The Labute approximate surface area is 178 Å². The Kier molecular flexibility index (Phi) is 7.54. The third kappa shape index (κ3) is 6.37. The summed E-state index contributed by atoms with van der Waals surface area (Å²) in [6.07, 6.45) is -0.565. The van der Waals surface area contributed by atoms with Crippen molar-refractivity contribution in [1.29, 1.82) is 0 Å². The Morgan fingerprint density at radius 3 is 2.27 bits per heavy atom. The Bertz CT molecular complexity index is 800. The van der Waals surface area contributed by atoms with Crippen LogP contribution in [0.2, 0.25) is 0 Å². The molecule has 0 unspecified atom stereocenters. The number of rotatable bonds is 8. The largest absolute Gasteiger partial charge is 0.491 e. The fourth-order valence-corrected chi connectivity index (χ4v) is 3.58. The molecule has 1 aliphatic rings. The molecule has 0 bridgehead atoms. The predicted octanol–water partition coefficient (Wildman–Crippen LogP) is 2.86. The highest BCUT2D eigenvalue weighted by Crippen LogP contribution is 2.21. The number of ether oxygens (including phenoxy) is 1. The van der Waals surface area contributed by atoms with Crippen LogP contribution < -0.4 is 20.7 Å². The average molecular weight is 413 g/mol. The second-order valence-corrected chi connectivity index (χ2v) is 8.01. The summed E-state index contributed by atoms with van der Waals surface area (Å²) in [5.74, 6) is 1.18. The molecule has 0 aromatic heterocycles. The van der Waals surface area contributed by atoms with E-state index in [1.807, 2.05) is 0 Å². The summed E-state index contributed by atoms with van der Waals surface area (Å²) < 4.78 is 5.66. The monoisotopic (exact) mass is 412 g/mol. The molecule has 4 N–H and O–H groups in total. The second kappa shape index (κ2) is 10.3. The van der Waals surface area contributed by atoms with Crippen LogP contribution in [0.3, 0.4) is 0 Å². The number of amides is 2. The fraction of sp³-hybridized carbons (Fsp3) is 0.435. The number of piperazine rings is 1. The third-order valence-corrected chi connectivity index (χ3v) is 5.33. The number of nitrogens with zero attached hydrogens (tertiary/aromatic N) is 2. The summed E-state index contributed by atoms with van der Waals surface area (Å²) >= 11 is 0. The van der Waals surface area contributed by atoms with E-state index in [9.17, 15) is 9.90 Å². The van der Waals surface area contributed by atoms with Gasteiger partial charge in [-0.3, -0.25) is 4.90 Å². The number of benzene rings is 2. The highest BCUT2D eigenvalue weighted by Gasteiger charge is 2.20. The van der Waals surface area contributed by atoms with Gasteiger partial charge in [0.25, 0.3) is 0 Å². The number of urea groups is 1. The molecule has 0 saturated carbocycles. The van der Waals surface area contributed by atoms with Crippen LogP contribution in [-0.4, -0.2) is 61.5 Å². The van der Waals surface area contributed by atoms with Gasteiger partial charge in [0, 0.05) is 44.1 Å². The molecule has 7 heteroatoms. The van der Waals surface area contributed by atoms with Crippen LogP contribution >= 0.6 is 0 Å². The lowest BCUT2D eigenvalue weighted by molar-refractivity contribution is 0.0663. The molecule has 162 valence electrons. The first-order chi connectivity index (χ1) is 14.4. The van der Waals surface area contributed by atoms with E-state index in [0.717, 1.165) is 26.2 Å². The van der Waals surface area contributed by atoms with E-state index in [2.05, 4.69) is 53.2 Å². The van der Waals surface area contributed by atoms with Crippen molar-refractivity contribution < 1.29 is 14.6 Å². The van der Waals surface area contributed by atoms with Crippen molar-refractivity contribution in [3.05, 3.63) is 54.1 Å². The zero-order valence-electron chi connectivity index (χ0n) is 17.8. The number of β-amino-alcohol motifs (C(OH)–C–C–N with tert-alkyl or cyclic N) is 1. The normalized spacial score (nSPS) is 15.8. The molecule has 1 saturated heterocycles. The van der Waals surface area contributed by atoms with E-state index in [-0.39, 0.29) is 6.61 Å². The number of nitrogens with two attached hydrogens (primary N) is 1. The molecular formula is C23H32N4O3. The third-order valence-electron chi connectivity index (χ3n) is 5.33. The van der Waals surface area contributed by atoms with Crippen LogP contribution in [-0.2, 0) is 0 Å². The molecule has 3 rings (SSSR count). The zero-order valence-corrected chi connectivity index (χ0v) is 17.8. The van der Waals surface area contributed by atoms with E-state index in [1.165, 1.54) is 11.3 Å². The van der Waals surface area contributed by atoms with E-state index < -0.39 is 12.1 Å². The van der Waals surface area contributed by atoms with Crippen LogP contribution in [0, 0.1) is 0 Å². The first-order valence-corrected chi connectivity index (χ1v) is 10.5. The highest BCUT2D eigenvalue weighted by atomic mass is 16.5. The smallest absolute Gasteiger partial charge is 0.316 e. The number of aliphatic hydroxyl groups excluding tert-OH is 1. The number of primary amides is 1. The topological polar surface area (TPSA) is 91.1 Å². The van der Waals surface area contributed by atoms with Crippen LogP contribution in [0.15, 0.2) is 48.5 Å². The first-order valence-electron chi connectivity index (χ1n) is 10.5. The van der Waals surface area contributed by atoms with Gasteiger partial charge in [-0.25, -0.2) is 4.79 Å². The molecule has 1 aliphatic heterocycles. The first kappa shape index (κ1) is 21.9. The maximum atomic E-state index is 10.8. The van der Waals surface area contributed by atoms with Gasteiger partial charge in [0.1, 0.15) is 18.5 Å². The number of carbonyl (C=O) groups is 1.